The van der Waals surface area contributed by atoms with Crippen molar-refractivity contribution in [2.75, 3.05) is 19.8 Å². The Hall–Kier alpha value is -2.73. The van der Waals surface area contributed by atoms with Gasteiger partial charge in [0.1, 0.15) is 13.2 Å². The van der Waals surface area contributed by atoms with Gasteiger partial charge in [-0.25, -0.2) is 0 Å². The number of halogens is 1. The first kappa shape index (κ1) is 18.6. The van der Waals surface area contributed by atoms with E-state index in [4.69, 9.17) is 21.1 Å². The quantitative estimate of drug-likeness (QED) is 0.837. The monoisotopic (exact) mass is 400 g/mol. The van der Waals surface area contributed by atoms with Gasteiger partial charge in [0, 0.05) is 31.6 Å². The minimum absolute atomic E-state index is 0.172. The number of ether oxygens (including phenoxy) is 2. The van der Waals surface area contributed by atoms with E-state index in [2.05, 4.69) is 5.32 Å². The predicted octanol–water partition coefficient (Wildman–Crippen LogP) is 3.16. The normalized spacial score (nSPS) is 15.6. The molecule has 4 rings (SSSR count). The van der Waals surface area contributed by atoms with Crippen LogP contribution in [0.15, 0.2) is 36.4 Å². The molecule has 2 aliphatic rings. The molecule has 1 saturated heterocycles. The molecule has 0 unspecified atom stereocenters. The summed E-state index contributed by atoms with van der Waals surface area (Å²) in [5, 5.41) is 3.38. The van der Waals surface area contributed by atoms with Crippen LogP contribution in [0, 0.1) is 0 Å². The smallest absolute Gasteiger partial charge is 0.251 e. The van der Waals surface area contributed by atoms with E-state index in [-0.39, 0.29) is 11.8 Å². The second-order valence-corrected chi connectivity index (χ2v) is 7.31. The minimum atomic E-state index is -0.180. The van der Waals surface area contributed by atoms with E-state index in [1.807, 2.05) is 29.2 Å². The zero-order valence-electron chi connectivity index (χ0n) is 15.4. The molecule has 0 aromatic heterocycles. The number of rotatable bonds is 5. The average molecular weight is 401 g/mol. The summed E-state index contributed by atoms with van der Waals surface area (Å²) in [7, 11) is 0. The first-order chi connectivity index (χ1) is 13.6. The number of benzene rings is 2. The van der Waals surface area contributed by atoms with Crippen LogP contribution in [-0.4, -0.2) is 36.5 Å². The second kappa shape index (κ2) is 8.10. The summed E-state index contributed by atoms with van der Waals surface area (Å²) in [4.78, 5) is 26.2. The van der Waals surface area contributed by atoms with Gasteiger partial charge < -0.3 is 19.7 Å². The van der Waals surface area contributed by atoms with Crippen LogP contribution in [0.4, 0.5) is 0 Å². The summed E-state index contributed by atoms with van der Waals surface area (Å²) in [5.41, 5.74) is 2.35. The Morgan fingerprint density at radius 2 is 2.00 bits per heavy atom. The number of carbonyl (C=O) groups excluding carboxylic acids is 2. The van der Waals surface area contributed by atoms with E-state index in [1.165, 1.54) is 0 Å². The Labute approximate surface area is 168 Å². The molecule has 0 saturated carbocycles. The molecule has 0 bridgehead atoms. The van der Waals surface area contributed by atoms with Gasteiger partial charge in [-0.15, -0.1) is 0 Å². The summed E-state index contributed by atoms with van der Waals surface area (Å²) < 4.78 is 11.1. The highest BCUT2D eigenvalue weighted by molar-refractivity contribution is 6.32. The lowest BCUT2D eigenvalue weighted by molar-refractivity contribution is -0.128. The molecule has 1 fully saturated rings. The zero-order valence-corrected chi connectivity index (χ0v) is 16.1. The fraction of sp³-hybridized carbons (Fsp3) is 0.333. The molecule has 28 heavy (non-hydrogen) atoms. The lowest BCUT2D eigenvalue weighted by atomic mass is 10.1. The molecule has 2 aromatic rings. The number of carbonyl (C=O) groups is 2. The first-order valence-corrected chi connectivity index (χ1v) is 9.71. The maximum absolute atomic E-state index is 12.6. The van der Waals surface area contributed by atoms with Crippen LogP contribution in [0.2, 0.25) is 5.02 Å². The standard InChI is InChI=1S/C21H21ClN2O4/c22-17-10-15(11-18-20(17)28-8-7-27-18)12-23-21(26)16-4-1-3-14(9-16)13-24-6-2-5-19(24)25/h1,3-4,9-11H,2,5-8,12-13H2,(H,23,26). The summed E-state index contributed by atoms with van der Waals surface area (Å²) in [6.07, 6.45) is 1.51. The highest BCUT2D eigenvalue weighted by Crippen LogP contribution is 2.38. The van der Waals surface area contributed by atoms with Crippen molar-refractivity contribution in [2.24, 2.45) is 0 Å². The van der Waals surface area contributed by atoms with Crippen LogP contribution >= 0.6 is 11.6 Å². The van der Waals surface area contributed by atoms with Crippen molar-refractivity contribution in [3.05, 3.63) is 58.1 Å². The summed E-state index contributed by atoms with van der Waals surface area (Å²) in [6, 6.07) is 11.0. The van der Waals surface area contributed by atoms with Gasteiger partial charge in [0.25, 0.3) is 5.91 Å². The topological polar surface area (TPSA) is 67.9 Å². The van der Waals surface area contributed by atoms with Gasteiger partial charge in [-0.2, -0.15) is 0 Å². The van der Waals surface area contributed by atoms with Crippen molar-refractivity contribution in [3.63, 3.8) is 0 Å². The molecule has 6 nitrogen and oxygen atoms in total. The summed E-state index contributed by atoms with van der Waals surface area (Å²) in [5.74, 6) is 1.14. The predicted molar refractivity (Wildman–Crippen MR) is 105 cm³/mol. The molecule has 2 aliphatic heterocycles. The largest absolute Gasteiger partial charge is 0.486 e. The van der Waals surface area contributed by atoms with Crippen LogP contribution in [0.5, 0.6) is 11.5 Å². The zero-order chi connectivity index (χ0) is 19.5. The SMILES string of the molecule is O=C(NCc1cc(Cl)c2c(c1)OCCO2)c1cccc(CN2CCCC2=O)c1. The van der Waals surface area contributed by atoms with Gasteiger partial charge in [0.15, 0.2) is 11.5 Å². The van der Waals surface area contributed by atoms with E-state index in [9.17, 15) is 9.59 Å². The fourth-order valence-electron chi connectivity index (χ4n) is 3.45. The molecule has 146 valence electrons. The molecular weight excluding hydrogens is 380 g/mol. The van der Waals surface area contributed by atoms with Gasteiger partial charge in [0.2, 0.25) is 5.91 Å². The van der Waals surface area contributed by atoms with Crippen LogP contribution in [0.25, 0.3) is 0 Å². The Morgan fingerprint density at radius 1 is 1.14 bits per heavy atom. The molecule has 0 spiro atoms. The van der Waals surface area contributed by atoms with Crippen LogP contribution < -0.4 is 14.8 Å². The highest BCUT2D eigenvalue weighted by Gasteiger charge is 2.20. The van der Waals surface area contributed by atoms with Gasteiger partial charge >= 0.3 is 0 Å². The van der Waals surface area contributed by atoms with E-state index in [1.54, 1.807) is 12.1 Å². The molecule has 1 N–H and O–H groups in total. The van der Waals surface area contributed by atoms with Crippen molar-refractivity contribution in [3.8, 4) is 11.5 Å². The highest BCUT2D eigenvalue weighted by atomic mass is 35.5. The van der Waals surface area contributed by atoms with E-state index < -0.39 is 0 Å². The molecule has 2 heterocycles. The molecular formula is C21H21ClN2O4. The van der Waals surface area contributed by atoms with Gasteiger partial charge in [-0.05, 0) is 41.8 Å². The summed E-state index contributed by atoms with van der Waals surface area (Å²) >= 11 is 6.24. The number of nitrogens with one attached hydrogen (secondary N) is 1. The van der Waals surface area contributed by atoms with Crippen molar-refractivity contribution < 1.29 is 19.1 Å². The lowest BCUT2D eigenvalue weighted by Gasteiger charge is -2.20. The van der Waals surface area contributed by atoms with Gasteiger partial charge in [-0.1, -0.05) is 23.7 Å². The van der Waals surface area contributed by atoms with E-state index >= 15 is 0 Å². The van der Waals surface area contributed by atoms with Crippen molar-refractivity contribution in [2.45, 2.75) is 25.9 Å². The van der Waals surface area contributed by atoms with Crippen LogP contribution in [0.1, 0.15) is 34.3 Å². The van der Waals surface area contributed by atoms with Crippen LogP contribution in [0.3, 0.4) is 0 Å². The molecule has 2 aromatic carbocycles. The maximum atomic E-state index is 12.6. The van der Waals surface area contributed by atoms with E-state index in [0.29, 0.717) is 54.8 Å². The minimum Gasteiger partial charge on any atom is -0.486 e. The Morgan fingerprint density at radius 3 is 2.82 bits per heavy atom. The third-order valence-electron chi connectivity index (χ3n) is 4.84. The maximum Gasteiger partial charge on any atom is 0.251 e. The second-order valence-electron chi connectivity index (χ2n) is 6.90. The molecule has 0 aliphatic carbocycles. The number of likely N-dealkylation sites (tertiary alicyclic amines) is 1. The Bertz CT molecular complexity index is 915. The van der Waals surface area contributed by atoms with Crippen molar-refractivity contribution in [1.82, 2.24) is 10.2 Å². The molecule has 7 heteroatoms. The Kier molecular flexibility index (Phi) is 5.39. The molecule has 0 atom stereocenters. The first-order valence-electron chi connectivity index (χ1n) is 9.33. The molecule has 2 amide bonds. The van der Waals surface area contributed by atoms with Gasteiger partial charge in [-0.3, -0.25) is 9.59 Å². The number of nitrogens with zero attached hydrogens (tertiary/aromatic N) is 1. The number of hydrogen-bond donors (Lipinski definition) is 1. The lowest BCUT2D eigenvalue weighted by Crippen LogP contribution is -2.25. The average Bonchev–Trinajstić information content (AvgIpc) is 3.11. The third kappa shape index (κ3) is 4.07. The summed E-state index contributed by atoms with van der Waals surface area (Å²) in [6.45, 7) is 2.59. The van der Waals surface area contributed by atoms with Crippen molar-refractivity contribution >= 4 is 23.4 Å². The molecule has 0 radical (unpaired) electrons. The van der Waals surface area contributed by atoms with E-state index in [0.717, 1.165) is 24.1 Å². The number of hydrogen-bond acceptors (Lipinski definition) is 4. The van der Waals surface area contributed by atoms with Crippen molar-refractivity contribution in [1.29, 1.82) is 0 Å². The van der Waals surface area contributed by atoms with Crippen LogP contribution in [-0.2, 0) is 17.9 Å². The van der Waals surface area contributed by atoms with Gasteiger partial charge in [0.05, 0.1) is 5.02 Å². The fourth-order valence-corrected chi connectivity index (χ4v) is 3.74. The number of fused-ring (bicyclic) bond motifs is 1. The Balaban J connectivity index is 1.41. The number of amides is 2. The third-order valence-corrected chi connectivity index (χ3v) is 5.12.